The summed E-state index contributed by atoms with van der Waals surface area (Å²) in [6.45, 7) is 7.30. The van der Waals surface area contributed by atoms with Crippen molar-refractivity contribution < 1.29 is 18.8 Å². The molecule has 1 rings (SSSR count). The first-order chi connectivity index (χ1) is 11.5. The fourth-order valence-electron chi connectivity index (χ4n) is 2.29. The summed E-state index contributed by atoms with van der Waals surface area (Å²) in [5.74, 6) is -0.563. The van der Waals surface area contributed by atoms with E-state index in [0.717, 1.165) is 0 Å². The maximum absolute atomic E-state index is 12.7. The number of carbonyl (C=O) groups excluding carboxylic acids is 2. The topological polar surface area (TPSA) is 88.4 Å². The van der Waals surface area contributed by atoms with Crippen LogP contribution in [-0.2, 0) is 9.22 Å². The number of nitrogens with zero attached hydrogens (tertiary/aromatic N) is 1. The van der Waals surface area contributed by atoms with E-state index in [1.165, 1.54) is 7.11 Å². The van der Waals surface area contributed by atoms with Crippen LogP contribution in [0.25, 0.3) is 0 Å². The molecular weight excluding hydrogens is 360 g/mol. The molecule has 0 unspecified atom stereocenters. The minimum atomic E-state index is -2.13. The van der Waals surface area contributed by atoms with Crippen molar-refractivity contribution in [2.24, 2.45) is 0 Å². The van der Waals surface area contributed by atoms with Gasteiger partial charge >= 0.3 is 0 Å². The molecule has 0 radical (unpaired) electrons. The molecule has 0 aromatic heterocycles. The Balaban J connectivity index is 2.96. The molecule has 0 fully saturated rings. The smallest absolute Gasteiger partial charge is 0.257 e. The van der Waals surface area contributed by atoms with Crippen LogP contribution in [0.3, 0.4) is 0 Å². The highest BCUT2D eigenvalue weighted by molar-refractivity contribution is 6.70. The minimum absolute atomic E-state index is 0.0168. The Morgan fingerprint density at radius 3 is 2.32 bits per heavy atom. The van der Waals surface area contributed by atoms with Gasteiger partial charge in [-0.15, -0.1) is 11.6 Å². The second-order valence-electron chi connectivity index (χ2n) is 6.76. The van der Waals surface area contributed by atoms with Gasteiger partial charge in [0.2, 0.25) is 0 Å². The molecule has 1 N–H and O–H groups in total. The predicted octanol–water partition coefficient (Wildman–Crippen LogP) is 3.08. The number of ether oxygens (including phenoxy) is 1. The zero-order chi connectivity index (χ0) is 19.3. The second-order valence-corrected chi connectivity index (χ2v) is 11.7. The van der Waals surface area contributed by atoms with E-state index in [0.29, 0.717) is 11.3 Å². The van der Waals surface area contributed by atoms with Crippen molar-refractivity contribution in [3.8, 4) is 11.8 Å². The van der Waals surface area contributed by atoms with E-state index in [2.05, 4.69) is 5.32 Å². The molecule has 136 valence electrons. The Hall–Kier alpha value is -1.88. The summed E-state index contributed by atoms with van der Waals surface area (Å²) in [7, 11) is -0.611. The number of amides is 2. The summed E-state index contributed by atoms with van der Waals surface area (Å²) in [6, 6.07) is 8.24. The lowest BCUT2D eigenvalue weighted by molar-refractivity contribution is -0.135. The number of nitrogens with one attached hydrogen (secondary N) is 1. The van der Waals surface area contributed by atoms with Gasteiger partial charge in [-0.1, -0.05) is 0 Å². The van der Waals surface area contributed by atoms with E-state index in [9.17, 15) is 9.59 Å². The monoisotopic (exact) mass is 382 g/mol. The van der Waals surface area contributed by atoms with E-state index in [4.69, 9.17) is 26.0 Å². The molecule has 1 aromatic carbocycles. The number of halogens is 1. The van der Waals surface area contributed by atoms with Crippen molar-refractivity contribution in [3.05, 3.63) is 29.8 Å². The highest BCUT2D eigenvalue weighted by Gasteiger charge is 2.41. The van der Waals surface area contributed by atoms with Crippen molar-refractivity contribution in [2.75, 3.05) is 7.11 Å². The number of hydrogen-bond acceptors (Lipinski definition) is 5. The third-order valence-electron chi connectivity index (χ3n) is 3.30. The maximum Gasteiger partial charge on any atom is 0.257 e. The highest BCUT2D eigenvalue weighted by Crippen LogP contribution is 2.25. The Bertz CT molecular complexity index is 667. The fraction of sp³-hybridized carbons (Fsp3) is 0.471. The third kappa shape index (κ3) is 6.50. The van der Waals surface area contributed by atoms with Crippen molar-refractivity contribution in [1.29, 1.82) is 5.26 Å². The van der Waals surface area contributed by atoms with Crippen LogP contribution in [0.15, 0.2) is 24.3 Å². The van der Waals surface area contributed by atoms with Gasteiger partial charge in [0.15, 0.2) is 8.32 Å². The normalized spacial score (nSPS) is 14.8. The number of hydrogen-bond donors (Lipinski definition) is 1. The van der Waals surface area contributed by atoms with Gasteiger partial charge in [0.1, 0.15) is 16.7 Å². The Morgan fingerprint density at radius 1 is 1.32 bits per heavy atom. The zero-order valence-corrected chi connectivity index (χ0v) is 16.8. The maximum atomic E-state index is 12.7. The van der Waals surface area contributed by atoms with Gasteiger partial charge in [-0.2, -0.15) is 5.26 Å². The van der Waals surface area contributed by atoms with Crippen LogP contribution in [0.2, 0.25) is 19.6 Å². The molecule has 2 amide bonds. The number of nitriles is 1. The van der Waals surface area contributed by atoms with Crippen LogP contribution in [0.5, 0.6) is 5.75 Å². The molecular formula is C17H23ClN2O4Si. The average Bonchev–Trinajstić information content (AvgIpc) is 2.52. The molecule has 0 bridgehead atoms. The van der Waals surface area contributed by atoms with E-state index < -0.39 is 31.1 Å². The van der Waals surface area contributed by atoms with Crippen LogP contribution >= 0.6 is 11.6 Å². The van der Waals surface area contributed by atoms with Gasteiger partial charge < -0.3 is 9.16 Å². The van der Waals surface area contributed by atoms with Gasteiger partial charge in [0.05, 0.1) is 13.2 Å². The van der Waals surface area contributed by atoms with Crippen molar-refractivity contribution in [3.63, 3.8) is 0 Å². The zero-order valence-electron chi connectivity index (χ0n) is 15.1. The molecule has 0 heterocycles. The molecule has 0 aliphatic heterocycles. The number of carbonyl (C=O) groups is 2. The highest BCUT2D eigenvalue weighted by atomic mass is 35.5. The summed E-state index contributed by atoms with van der Waals surface area (Å²) in [5.41, 5.74) is -1.05. The lowest BCUT2D eigenvalue weighted by Gasteiger charge is -2.35. The Labute approximate surface area is 154 Å². The molecule has 0 saturated heterocycles. The first-order valence-electron chi connectivity index (χ1n) is 7.74. The molecule has 0 saturated carbocycles. The lowest BCUT2D eigenvalue weighted by atomic mass is 9.99. The van der Waals surface area contributed by atoms with Crippen LogP contribution < -0.4 is 10.1 Å². The molecule has 6 nitrogen and oxygen atoms in total. The van der Waals surface area contributed by atoms with Crippen LogP contribution in [0.1, 0.15) is 23.7 Å². The number of imide groups is 1. The van der Waals surface area contributed by atoms with E-state index >= 15 is 0 Å². The molecule has 0 spiro atoms. The van der Waals surface area contributed by atoms with Gasteiger partial charge in [0, 0.05) is 12.0 Å². The van der Waals surface area contributed by atoms with Gasteiger partial charge in [-0.25, -0.2) is 0 Å². The standard InChI is InChI=1S/C17H23ClN2O4Si/c1-17(10-13(18)11-19,24-25(3,4)5)16(22)20-15(21)12-6-8-14(23-2)9-7-12/h6-9,13H,10H2,1-5H3,(H,20,21,22)/t13-,17-/m1/s1. The number of rotatable bonds is 7. The van der Waals surface area contributed by atoms with Gasteiger partial charge in [0.25, 0.3) is 11.8 Å². The van der Waals surface area contributed by atoms with E-state index in [-0.39, 0.29) is 6.42 Å². The largest absolute Gasteiger partial charge is 0.497 e. The SMILES string of the molecule is COc1ccc(C(=O)NC(=O)[C@@](C)(C[C@@H](Cl)C#N)O[Si](C)(C)C)cc1. The van der Waals surface area contributed by atoms with Crippen molar-refractivity contribution in [2.45, 2.75) is 44.0 Å². The first-order valence-corrected chi connectivity index (χ1v) is 11.6. The molecule has 1 aromatic rings. The lowest BCUT2D eigenvalue weighted by Crippen LogP contribution is -2.54. The number of alkyl halides is 1. The van der Waals surface area contributed by atoms with Crippen molar-refractivity contribution in [1.82, 2.24) is 5.32 Å². The van der Waals surface area contributed by atoms with E-state index in [1.54, 1.807) is 31.2 Å². The first kappa shape index (κ1) is 21.2. The van der Waals surface area contributed by atoms with Crippen LogP contribution in [0, 0.1) is 11.3 Å². The number of methoxy groups -OCH3 is 1. The Kier molecular flexibility index (Phi) is 7.17. The fourth-order valence-corrected chi connectivity index (χ4v) is 4.12. The second kappa shape index (κ2) is 8.47. The molecule has 0 aliphatic carbocycles. The quantitative estimate of drug-likeness (QED) is 0.578. The summed E-state index contributed by atoms with van der Waals surface area (Å²) < 4.78 is 11.0. The summed E-state index contributed by atoms with van der Waals surface area (Å²) in [6.07, 6.45) is -0.0168. The molecule has 0 aliphatic rings. The summed E-state index contributed by atoms with van der Waals surface area (Å²) >= 11 is 5.91. The predicted molar refractivity (Wildman–Crippen MR) is 98.2 cm³/mol. The average molecular weight is 383 g/mol. The van der Waals surface area contributed by atoms with Gasteiger partial charge in [-0.05, 0) is 50.8 Å². The molecule has 8 heteroatoms. The molecule has 25 heavy (non-hydrogen) atoms. The minimum Gasteiger partial charge on any atom is -0.497 e. The summed E-state index contributed by atoms with van der Waals surface area (Å²) in [4.78, 5) is 25.0. The Morgan fingerprint density at radius 2 is 1.88 bits per heavy atom. The van der Waals surface area contributed by atoms with E-state index in [1.807, 2.05) is 25.7 Å². The van der Waals surface area contributed by atoms with Gasteiger partial charge in [-0.3, -0.25) is 14.9 Å². The van der Waals surface area contributed by atoms with Crippen molar-refractivity contribution >= 4 is 31.7 Å². The number of benzene rings is 1. The molecule has 2 atom stereocenters. The summed E-state index contributed by atoms with van der Waals surface area (Å²) in [5, 5.41) is 10.4. The van der Waals surface area contributed by atoms with Crippen LogP contribution in [0.4, 0.5) is 0 Å². The van der Waals surface area contributed by atoms with Crippen LogP contribution in [-0.4, -0.2) is 38.2 Å². The third-order valence-corrected chi connectivity index (χ3v) is 4.61.